The molecule has 9 rings (SSSR count). The molecule has 17 atom stereocenters. The van der Waals surface area contributed by atoms with E-state index < -0.39 is 53.6 Å². The van der Waals surface area contributed by atoms with Crippen LogP contribution in [-0.2, 0) is 25.6 Å². The fraction of sp³-hybridized carbons (Fsp3) is 0.776. The lowest BCUT2D eigenvalue weighted by atomic mass is 9.27. The number of carboxylic acid groups (broad SMARTS) is 1. The monoisotopic (exact) mass is 818 g/mol. The van der Waals surface area contributed by atoms with Crippen molar-refractivity contribution in [2.45, 2.75) is 148 Å². The van der Waals surface area contributed by atoms with Gasteiger partial charge in [-0.15, -0.1) is 0 Å². The number of aliphatic hydroxyl groups excluding tert-OH is 5. The lowest BCUT2D eigenvalue weighted by molar-refractivity contribution is -0.356. The fourth-order valence-corrected chi connectivity index (χ4v) is 16.0. The van der Waals surface area contributed by atoms with Crippen LogP contribution in [0.3, 0.4) is 0 Å². The molecule has 10 nitrogen and oxygen atoms in total. The number of aliphatic carboxylic acids is 1. The van der Waals surface area contributed by atoms with Gasteiger partial charge in [0.25, 0.3) is 0 Å². The zero-order chi connectivity index (χ0) is 41.8. The number of carbonyl (C=O) groups is 1. The summed E-state index contributed by atoms with van der Waals surface area (Å²) in [5.74, 6) is -0.269. The Labute approximate surface area is 350 Å². The average Bonchev–Trinajstić information content (AvgIpc) is 3.23. The van der Waals surface area contributed by atoms with E-state index in [0.717, 1.165) is 50.5 Å². The standard InChI is InChI=1S/C49H70O10/c1-44(27-50)19-21-48(43(55)56)22-20-46(3)32(34(48)24-44)17-18-36-47(46,4)23-30-15-16-33-39(57-25-29-11-7-5-8-12-29)41(59-42-38(54)37(53)35(52)26-58-42)45(2,28-51)40(30)49(33,36)31-13-9-6-10-14-31/h5,7-8,11-12,15-17,30-31,33-42,50-54H,6,9-10,13-14,18-28H2,1-4H3,(H,55,56)/t30-,33-,34+,35-,36?,37+,38-,39-,40-,41-,42-,44-,45+,46+,47-,48-,49-/m1/s1. The third-order valence-electron chi connectivity index (χ3n) is 19.1. The van der Waals surface area contributed by atoms with Gasteiger partial charge in [-0.1, -0.05) is 101 Å². The van der Waals surface area contributed by atoms with Gasteiger partial charge in [0.15, 0.2) is 6.29 Å². The van der Waals surface area contributed by atoms with E-state index in [2.05, 4.69) is 58.1 Å². The summed E-state index contributed by atoms with van der Waals surface area (Å²) in [7, 11) is 0. The average molecular weight is 819 g/mol. The minimum Gasteiger partial charge on any atom is -0.481 e. The first kappa shape index (κ1) is 42.2. The van der Waals surface area contributed by atoms with Gasteiger partial charge in [-0.3, -0.25) is 4.79 Å². The highest BCUT2D eigenvalue weighted by atomic mass is 16.7. The van der Waals surface area contributed by atoms with Crippen LogP contribution in [0.1, 0.15) is 110 Å². The van der Waals surface area contributed by atoms with Crippen molar-refractivity contribution in [2.75, 3.05) is 19.8 Å². The Kier molecular flexibility index (Phi) is 10.7. The molecule has 7 aliphatic carbocycles. The minimum atomic E-state index is -1.48. The van der Waals surface area contributed by atoms with Crippen molar-refractivity contribution < 1.29 is 49.6 Å². The molecule has 6 N–H and O–H groups in total. The van der Waals surface area contributed by atoms with Crippen molar-refractivity contribution >= 4 is 5.97 Å². The summed E-state index contributed by atoms with van der Waals surface area (Å²) in [5.41, 5.74) is -0.432. The van der Waals surface area contributed by atoms with Crippen LogP contribution < -0.4 is 0 Å². The minimum absolute atomic E-state index is 0.00149. The quantitative estimate of drug-likeness (QED) is 0.121. The molecule has 326 valence electrons. The van der Waals surface area contributed by atoms with Gasteiger partial charge in [0, 0.05) is 17.9 Å². The smallest absolute Gasteiger partial charge is 0.310 e. The van der Waals surface area contributed by atoms with Crippen molar-refractivity contribution in [3.05, 3.63) is 59.7 Å². The molecular formula is C49H70O10. The zero-order valence-corrected chi connectivity index (χ0v) is 35.7. The van der Waals surface area contributed by atoms with Crippen LogP contribution in [0.4, 0.5) is 0 Å². The summed E-state index contributed by atoms with van der Waals surface area (Å²) in [6.07, 6.45) is 11.5. The maximum atomic E-state index is 13.4. The summed E-state index contributed by atoms with van der Waals surface area (Å²) in [6.45, 7) is 9.32. The maximum Gasteiger partial charge on any atom is 0.310 e. The molecule has 1 aliphatic heterocycles. The van der Waals surface area contributed by atoms with Gasteiger partial charge in [-0.05, 0) is 115 Å². The van der Waals surface area contributed by atoms with E-state index in [1.54, 1.807) is 0 Å². The normalized spacial score (nSPS) is 50.5. The molecule has 6 fully saturated rings. The fourth-order valence-electron chi connectivity index (χ4n) is 16.0. The van der Waals surface area contributed by atoms with Gasteiger partial charge in [-0.2, -0.15) is 0 Å². The first-order valence-corrected chi connectivity index (χ1v) is 22.9. The molecule has 1 unspecified atom stereocenters. The van der Waals surface area contributed by atoms with Gasteiger partial charge in [-0.25, -0.2) is 0 Å². The summed E-state index contributed by atoms with van der Waals surface area (Å²) >= 11 is 0. The highest BCUT2D eigenvalue weighted by molar-refractivity contribution is 5.76. The van der Waals surface area contributed by atoms with Crippen LogP contribution in [0.5, 0.6) is 0 Å². The first-order chi connectivity index (χ1) is 28.1. The second-order valence-corrected chi connectivity index (χ2v) is 21.7. The molecule has 1 heterocycles. The summed E-state index contributed by atoms with van der Waals surface area (Å²) in [5, 5.41) is 66.1. The number of benzene rings is 1. The Hall–Kier alpha value is -2.15. The van der Waals surface area contributed by atoms with E-state index >= 15 is 0 Å². The van der Waals surface area contributed by atoms with Gasteiger partial charge < -0.3 is 44.8 Å². The number of aliphatic hydroxyl groups is 5. The summed E-state index contributed by atoms with van der Waals surface area (Å²) < 4.78 is 20.1. The predicted molar refractivity (Wildman–Crippen MR) is 220 cm³/mol. The van der Waals surface area contributed by atoms with Gasteiger partial charge in [0.2, 0.25) is 0 Å². The van der Waals surface area contributed by atoms with E-state index in [-0.39, 0.29) is 71.1 Å². The summed E-state index contributed by atoms with van der Waals surface area (Å²) in [4.78, 5) is 13.4. The predicted octanol–water partition coefficient (Wildman–Crippen LogP) is 6.42. The second-order valence-electron chi connectivity index (χ2n) is 21.7. The summed E-state index contributed by atoms with van der Waals surface area (Å²) in [6, 6.07) is 10.1. The SMILES string of the molecule is C[C@@]1(CO)CC[C@@]2(C(=O)O)CC[C@@]3(C)C(=CCC4[C@@]5(C6CCCCC6)[C@@H]6C=C[C@H](C[C@]43C)[C@@H]5[C@](C)(CO)[C@H](O[C@H]3OC[C@@H](O)[C@H](O)[C@H]3O)[C@@H]6OCc3ccccc3)[C@@H]2C1. The molecule has 0 aromatic heterocycles. The van der Waals surface area contributed by atoms with Crippen molar-refractivity contribution in [1.82, 2.24) is 0 Å². The first-order valence-electron chi connectivity index (χ1n) is 22.9. The van der Waals surface area contributed by atoms with E-state index in [9.17, 15) is 35.4 Å². The molecule has 0 spiro atoms. The number of hydrogen-bond acceptors (Lipinski definition) is 9. The van der Waals surface area contributed by atoms with Crippen molar-refractivity contribution in [3.8, 4) is 0 Å². The molecule has 4 bridgehead atoms. The van der Waals surface area contributed by atoms with Crippen LogP contribution >= 0.6 is 0 Å². The number of rotatable bonds is 9. The third-order valence-corrected chi connectivity index (χ3v) is 19.1. The topological polar surface area (TPSA) is 166 Å². The van der Waals surface area contributed by atoms with Crippen LogP contribution in [0.25, 0.3) is 0 Å². The van der Waals surface area contributed by atoms with Crippen molar-refractivity contribution in [1.29, 1.82) is 0 Å². The van der Waals surface area contributed by atoms with Crippen LogP contribution in [-0.4, -0.2) is 93.2 Å². The number of ether oxygens (including phenoxy) is 3. The molecule has 8 aliphatic rings. The number of allylic oxidation sites excluding steroid dienone is 3. The largest absolute Gasteiger partial charge is 0.481 e. The van der Waals surface area contributed by atoms with Crippen molar-refractivity contribution in [2.24, 2.45) is 68.0 Å². The highest BCUT2D eigenvalue weighted by Crippen LogP contribution is 2.81. The molecule has 0 amide bonds. The van der Waals surface area contributed by atoms with Gasteiger partial charge in [0.05, 0.1) is 37.4 Å². The van der Waals surface area contributed by atoms with E-state index in [0.29, 0.717) is 38.2 Å². The number of fused-ring (bicyclic) bond motifs is 5. The Morgan fingerprint density at radius 1 is 0.881 bits per heavy atom. The maximum absolute atomic E-state index is 13.4. The van der Waals surface area contributed by atoms with Crippen molar-refractivity contribution in [3.63, 3.8) is 0 Å². The molecule has 0 radical (unpaired) electrons. The third kappa shape index (κ3) is 5.96. The molecule has 1 aromatic rings. The lowest BCUT2D eigenvalue weighted by Gasteiger charge is -2.78. The number of carboxylic acids is 1. The second kappa shape index (κ2) is 15.0. The highest BCUT2D eigenvalue weighted by Gasteiger charge is 2.78. The molecule has 5 saturated carbocycles. The Morgan fingerprint density at radius 3 is 2.31 bits per heavy atom. The van der Waals surface area contributed by atoms with Gasteiger partial charge >= 0.3 is 5.97 Å². The zero-order valence-electron chi connectivity index (χ0n) is 35.7. The van der Waals surface area contributed by atoms with E-state index in [4.69, 9.17) is 14.2 Å². The van der Waals surface area contributed by atoms with Gasteiger partial charge in [0.1, 0.15) is 18.3 Å². The lowest BCUT2D eigenvalue weighted by Crippen LogP contribution is -2.77. The Morgan fingerprint density at radius 2 is 1.61 bits per heavy atom. The van der Waals surface area contributed by atoms with Crippen LogP contribution in [0.2, 0.25) is 0 Å². The molecule has 1 saturated heterocycles. The molecule has 1 aromatic carbocycles. The van der Waals surface area contributed by atoms with E-state index in [1.165, 1.54) is 12.0 Å². The molecule has 10 heteroatoms. The van der Waals surface area contributed by atoms with E-state index in [1.807, 2.05) is 18.2 Å². The Balaban J connectivity index is 1.21. The number of hydrogen-bond donors (Lipinski definition) is 6. The van der Waals surface area contributed by atoms with Crippen LogP contribution in [0, 0.1) is 68.0 Å². The van der Waals surface area contributed by atoms with Crippen LogP contribution in [0.15, 0.2) is 54.1 Å². The molecule has 59 heavy (non-hydrogen) atoms. The molecular weight excluding hydrogens is 749 g/mol. The Bertz CT molecular complexity index is 1790.